The molecule has 4 aliphatic rings. The van der Waals surface area contributed by atoms with Crippen LogP contribution in [-0.2, 0) is 0 Å². The van der Waals surface area contributed by atoms with Crippen LogP contribution in [0.25, 0.3) is 0 Å². The van der Waals surface area contributed by atoms with Crippen molar-refractivity contribution in [2.45, 2.75) is 118 Å². The van der Waals surface area contributed by atoms with Gasteiger partial charge < -0.3 is 5.73 Å². The second kappa shape index (κ2) is 8.78. The zero-order valence-corrected chi connectivity index (χ0v) is 21.9. The maximum atomic E-state index is 5.86. The van der Waals surface area contributed by atoms with Gasteiger partial charge in [0.25, 0.3) is 0 Å². The molecule has 4 heteroatoms. The summed E-state index contributed by atoms with van der Waals surface area (Å²) in [6, 6.07) is 0.170. The summed E-state index contributed by atoms with van der Waals surface area (Å²) in [5, 5.41) is 0. The van der Waals surface area contributed by atoms with E-state index in [1.165, 1.54) is 70.6 Å². The number of fused-ring (bicyclic) bond motifs is 5. The van der Waals surface area contributed by atoms with Crippen LogP contribution >= 0.6 is 0 Å². The van der Waals surface area contributed by atoms with E-state index in [4.69, 9.17) is 11.6 Å². The van der Waals surface area contributed by atoms with E-state index in [9.17, 15) is 0 Å². The summed E-state index contributed by atoms with van der Waals surface area (Å²) in [6.45, 7) is 14.9. The highest BCUT2D eigenvalue weighted by atomic mass is 15.3. The SMILES string of the molecule is CC(N=C(N)NN)C(C)C(C)(C)CC1CCC2C3CCC4CCCCC4(C)C3CCC12C. The smallest absolute Gasteiger partial charge is 0.203 e. The van der Waals surface area contributed by atoms with Crippen LogP contribution in [0.3, 0.4) is 0 Å². The van der Waals surface area contributed by atoms with Crippen molar-refractivity contribution in [3.8, 4) is 0 Å². The molecule has 0 spiro atoms. The number of nitrogens with two attached hydrogens (primary N) is 2. The lowest BCUT2D eigenvalue weighted by atomic mass is 9.44. The van der Waals surface area contributed by atoms with Crippen molar-refractivity contribution in [2.24, 2.45) is 68.3 Å². The molecule has 32 heavy (non-hydrogen) atoms. The Morgan fingerprint density at radius 2 is 1.69 bits per heavy atom. The largest absolute Gasteiger partial charge is 0.369 e. The van der Waals surface area contributed by atoms with Crippen molar-refractivity contribution < 1.29 is 0 Å². The number of guanidine groups is 1. The zero-order valence-electron chi connectivity index (χ0n) is 21.9. The zero-order chi connectivity index (χ0) is 23.3. The fourth-order valence-electron chi connectivity index (χ4n) is 9.58. The van der Waals surface area contributed by atoms with Crippen LogP contribution in [-0.4, -0.2) is 12.0 Å². The summed E-state index contributed by atoms with van der Waals surface area (Å²) in [4.78, 5) is 4.59. The van der Waals surface area contributed by atoms with E-state index in [0.717, 1.165) is 29.6 Å². The summed E-state index contributed by atoms with van der Waals surface area (Å²) < 4.78 is 0. The number of rotatable bonds is 5. The quantitative estimate of drug-likeness (QED) is 0.203. The molecule has 0 aromatic heterocycles. The van der Waals surface area contributed by atoms with E-state index in [-0.39, 0.29) is 11.5 Å². The molecule has 9 unspecified atom stereocenters. The Kier molecular flexibility index (Phi) is 6.68. The minimum Gasteiger partial charge on any atom is -0.369 e. The summed E-state index contributed by atoms with van der Waals surface area (Å²) in [7, 11) is 0. The van der Waals surface area contributed by atoms with Crippen molar-refractivity contribution in [1.29, 1.82) is 0 Å². The van der Waals surface area contributed by atoms with E-state index in [2.05, 4.69) is 52.0 Å². The molecule has 0 aromatic carbocycles. The average Bonchev–Trinajstić information content (AvgIpc) is 3.08. The summed E-state index contributed by atoms with van der Waals surface area (Å²) >= 11 is 0. The molecule has 0 bridgehead atoms. The van der Waals surface area contributed by atoms with Gasteiger partial charge in [0.1, 0.15) is 0 Å². The van der Waals surface area contributed by atoms with Crippen molar-refractivity contribution in [2.75, 3.05) is 0 Å². The molecule has 0 amide bonds. The van der Waals surface area contributed by atoms with Crippen LogP contribution in [0.1, 0.15) is 112 Å². The van der Waals surface area contributed by atoms with E-state index in [0.29, 0.717) is 22.7 Å². The highest BCUT2D eigenvalue weighted by Gasteiger charge is 2.60. The highest BCUT2D eigenvalue weighted by Crippen LogP contribution is 2.68. The Morgan fingerprint density at radius 3 is 2.41 bits per heavy atom. The fraction of sp³-hybridized carbons (Fsp3) is 0.964. The minimum atomic E-state index is 0.170. The molecule has 4 aliphatic carbocycles. The van der Waals surface area contributed by atoms with Crippen molar-refractivity contribution in [3.63, 3.8) is 0 Å². The van der Waals surface area contributed by atoms with Gasteiger partial charge in [-0.3, -0.25) is 5.43 Å². The third-order valence-electron chi connectivity index (χ3n) is 12.0. The van der Waals surface area contributed by atoms with E-state index in [1.54, 1.807) is 0 Å². The van der Waals surface area contributed by atoms with Gasteiger partial charge in [-0.2, -0.15) is 0 Å². The number of aliphatic imine (C=N–C) groups is 1. The topological polar surface area (TPSA) is 76.4 Å². The standard InChI is InChI=1S/C28H52N4/c1-18(19(2)31-25(29)32-30)26(3,4)17-21-11-13-23-22-12-10-20-9-7-8-15-27(20,5)24(22)14-16-28(21,23)6/h18-24H,7-17,30H2,1-6H3,(H3,29,31,32). The molecule has 184 valence electrons. The molecule has 5 N–H and O–H groups in total. The molecule has 9 atom stereocenters. The molecule has 0 aliphatic heterocycles. The summed E-state index contributed by atoms with van der Waals surface area (Å²) in [6.07, 6.45) is 16.2. The number of hydrogen-bond donors (Lipinski definition) is 3. The lowest BCUT2D eigenvalue weighted by molar-refractivity contribution is -0.113. The van der Waals surface area contributed by atoms with Gasteiger partial charge in [-0.1, -0.05) is 47.5 Å². The highest BCUT2D eigenvalue weighted by molar-refractivity contribution is 5.77. The summed E-state index contributed by atoms with van der Waals surface area (Å²) in [5.41, 5.74) is 9.79. The Labute approximate surface area is 198 Å². The van der Waals surface area contributed by atoms with Crippen LogP contribution in [0.5, 0.6) is 0 Å². The monoisotopic (exact) mass is 444 g/mol. The van der Waals surface area contributed by atoms with Crippen LogP contribution in [0.4, 0.5) is 0 Å². The molecule has 4 nitrogen and oxygen atoms in total. The van der Waals surface area contributed by atoms with Crippen molar-refractivity contribution in [1.82, 2.24) is 5.43 Å². The van der Waals surface area contributed by atoms with Crippen LogP contribution in [0, 0.1) is 51.8 Å². The number of hydrazine groups is 1. The molecule has 4 saturated carbocycles. The van der Waals surface area contributed by atoms with Gasteiger partial charge in [0, 0.05) is 0 Å². The lowest BCUT2D eigenvalue weighted by Crippen LogP contribution is -2.53. The van der Waals surface area contributed by atoms with E-state index >= 15 is 0 Å². The third kappa shape index (κ3) is 4.01. The van der Waals surface area contributed by atoms with Gasteiger partial charge in [0.15, 0.2) is 0 Å². The van der Waals surface area contributed by atoms with Gasteiger partial charge in [-0.05, 0) is 116 Å². The first-order valence-corrected chi connectivity index (χ1v) is 13.8. The first kappa shape index (κ1) is 24.4. The predicted molar refractivity (Wildman–Crippen MR) is 136 cm³/mol. The van der Waals surface area contributed by atoms with Gasteiger partial charge in [-0.25, -0.2) is 10.8 Å². The van der Waals surface area contributed by atoms with Crippen molar-refractivity contribution >= 4 is 5.96 Å². The van der Waals surface area contributed by atoms with Crippen LogP contribution < -0.4 is 17.0 Å². The molecule has 0 radical (unpaired) electrons. The second-order valence-corrected chi connectivity index (χ2v) is 13.6. The molecule has 4 fully saturated rings. The first-order valence-electron chi connectivity index (χ1n) is 13.8. The maximum absolute atomic E-state index is 5.86. The van der Waals surface area contributed by atoms with Crippen LogP contribution in [0.2, 0.25) is 0 Å². The minimum absolute atomic E-state index is 0.170. The molecule has 0 saturated heterocycles. The van der Waals surface area contributed by atoms with Crippen molar-refractivity contribution in [3.05, 3.63) is 0 Å². The molecule has 0 aromatic rings. The Hall–Kier alpha value is -0.770. The Morgan fingerprint density at radius 1 is 0.969 bits per heavy atom. The molecule has 0 heterocycles. The molecular formula is C28H52N4. The molecule has 4 rings (SSSR count). The van der Waals surface area contributed by atoms with Gasteiger partial charge in [0.2, 0.25) is 5.96 Å². The average molecular weight is 445 g/mol. The Bertz CT molecular complexity index is 702. The van der Waals surface area contributed by atoms with Gasteiger partial charge >= 0.3 is 0 Å². The molecular weight excluding hydrogens is 392 g/mol. The number of nitrogens with zero attached hydrogens (tertiary/aromatic N) is 1. The van der Waals surface area contributed by atoms with Gasteiger partial charge in [-0.15, -0.1) is 0 Å². The fourth-order valence-corrected chi connectivity index (χ4v) is 9.58. The van der Waals surface area contributed by atoms with Gasteiger partial charge in [0.05, 0.1) is 6.04 Å². The summed E-state index contributed by atoms with van der Waals surface area (Å²) in [5.74, 6) is 11.1. The maximum Gasteiger partial charge on any atom is 0.203 e. The lowest BCUT2D eigenvalue weighted by Gasteiger charge is -2.61. The van der Waals surface area contributed by atoms with E-state index < -0.39 is 0 Å². The second-order valence-electron chi connectivity index (χ2n) is 13.6. The Balaban J connectivity index is 1.48. The third-order valence-corrected chi connectivity index (χ3v) is 12.0. The van der Waals surface area contributed by atoms with Crippen LogP contribution in [0.15, 0.2) is 4.99 Å². The number of nitrogens with one attached hydrogen (secondary N) is 1. The van der Waals surface area contributed by atoms with E-state index in [1.807, 2.05) is 0 Å². The predicted octanol–water partition coefficient (Wildman–Crippen LogP) is 6.25. The normalized spacial score (nSPS) is 44.2. The first-order chi connectivity index (χ1) is 15.0. The number of hydrogen-bond acceptors (Lipinski definition) is 2.